The Balaban J connectivity index is 2.85. The summed E-state index contributed by atoms with van der Waals surface area (Å²) in [7, 11) is 0. The number of rotatable bonds is 3. The van der Waals surface area contributed by atoms with Gasteiger partial charge in [-0.05, 0) is 24.1 Å². The van der Waals surface area contributed by atoms with E-state index in [-0.39, 0.29) is 5.91 Å². The van der Waals surface area contributed by atoms with Crippen molar-refractivity contribution < 1.29 is 4.79 Å². The summed E-state index contributed by atoms with van der Waals surface area (Å²) in [6.45, 7) is 2.09. The number of nitrogens with zero attached hydrogens (tertiary/aromatic N) is 1. The lowest BCUT2D eigenvalue weighted by Gasteiger charge is -2.01. The van der Waals surface area contributed by atoms with Crippen LogP contribution in [-0.2, 0) is 6.42 Å². The maximum absolute atomic E-state index is 11.1. The van der Waals surface area contributed by atoms with Gasteiger partial charge in [-0.25, -0.2) is 5.84 Å². The Labute approximate surface area is 77.1 Å². The fourth-order valence-electron chi connectivity index (χ4n) is 1.12. The van der Waals surface area contributed by atoms with Gasteiger partial charge in [0.25, 0.3) is 5.91 Å². The molecule has 0 aromatic carbocycles. The molecule has 0 aliphatic rings. The van der Waals surface area contributed by atoms with E-state index in [0.29, 0.717) is 5.69 Å². The number of carbonyl (C=O) groups is 1. The van der Waals surface area contributed by atoms with Gasteiger partial charge in [-0.15, -0.1) is 0 Å². The van der Waals surface area contributed by atoms with Crippen molar-refractivity contribution >= 4 is 5.91 Å². The molecule has 0 saturated carbocycles. The highest BCUT2D eigenvalue weighted by atomic mass is 16.2. The van der Waals surface area contributed by atoms with Crippen LogP contribution in [0, 0.1) is 0 Å². The number of amides is 1. The van der Waals surface area contributed by atoms with Crippen LogP contribution in [0.2, 0.25) is 0 Å². The lowest BCUT2D eigenvalue weighted by atomic mass is 10.1. The number of nitrogens with one attached hydrogen (secondary N) is 1. The number of nitrogens with two attached hydrogens (primary N) is 1. The number of pyridine rings is 1. The van der Waals surface area contributed by atoms with E-state index in [1.165, 1.54) is 0 Å². The minimum Gasteiger partial charge on any atom is -0.289 e. The molecule has 70 valence electrons. The van der Waals surface area contributed by atoms with E-state index in [4.69, 9.17) is 5.84 Å². The van der Waals surface area contributed by atoms with Crippen LogP contribution in [0.25, 0.3) is 0 Å². The Hall–Kier alpha value is -1.42. The molecule has 0 unspecified atom stereocenters. The summed E-state index contributed by atoms with van der Waals surface area (Å²) in [5.41, 5.74) is 3.53. The van der Waals surface area contributed by atoms with Gasteiger partial charge >= 0.3 is 0 Å². The fraction of sp³-hybridized carbons (Fsp3) is 0.333. The van der Waals surface area contributed by atoms with Crippen molar-refractivity contribution in [1.82, 2.24) is 10.4 Å². The summed E-state index contributed by atoms with van der Waals surface area (Å²) >= 11 is 0. The smallest absolute Gasteiger partial charge is 0.283 e. The van der Waals surface area contributed by atoms with E-state index < -0.39 is 0 Å². The molecule has 3 N–H and O–H groups in total. The van der Waals surface area contributed by atoms with E-state index >= 15 is 0 Å². The van der Waals surface area contributed by atoms with Crippen molar-refractivity contribution in [3.63, 3.8) is 0 Å². The first-order valence-electron chi connectivity index (χ1n) is 4.23. The molecule has 4 nitrogen and oxygen atoms in total. The van der Waals surface area contributed by atoms with Crippen LogP contribution in [0.5, 0.6) is 0 Å². The van der Waals surface area contributed by atoms with Crippen LogP contribution in [0.4, 0.5) is 0 Å². The van der Waals surface area contributed by atoms with Crippen LogP contribution in [0.15, 0.2) is 18.3 Å². The van der Waals surface area contributed by atoms with Crippen molar-refractivity contribution in [3.05, 3.63) is 29.6 Å². The molecule has 1 aromatic rings. The van der Waals surface area contributed by atoms with Gasteiger partial charge in [0.2, 0.25) is 0 Å². The van der Waals surface area contributed by atoms with Gasteiger partial charge in [0.05, 0.1) is 0 Å². The first-order chi connectivity index (χ1) is 6.27. The maximum Gasteiger partial charge on any atom is 0.283 e. The van der Waals surface area contributed by atoms with Crippen molar-refractivity contribution in [3.8, 4) is 0 Å². The quantitative estimate of drug-likeness (QED) is 0.406. The first-order valence-corrected chi connectivity index (χ1v) is 4.23. The largest absolute Gasteiger partial charge is 0.289 e. The summed E-state index contributed by atoms with van der Waals surface area (Å²) in [4.78, 5) is 15.0. The van der Waals surface area contributed by atoms with E-state index in [0.717, 1.165) is 18.4 Å². The van der Waals surface area contributed by atoms with Gasteiger partial charge in [-0.1, -0.05) is 13.3 Å². The molecular weight excluding hydrogens is 166 g/mol. The van der Waals surface area contributed by atoms with E-state index in [1.54, 1.807) is 12.3 Å². The second kappa shape index (κ2) is 4.57. The van der Waals surface area contributed by atoms with Gasteiger partial charge in [0.1, 0.15) is 5.69 Å². The Bertz CT molecular complexity index is 299. The predicted molar refractivity (Wildman–Crippen MR) is 49.9 cm³/mol. The second-order valence-electron chi connectivity index (χ2n) is 2.77. The average molecular weight is 179 g/mol. The molecule has 0 fully saturated rings. The van der Waals surface area contributed by atoms with Crippen LogP contribution in [0.3, 0.4) is 0 Å². The molecule has 0 bridgehead atoms. The summed E-state index contributed by atoms with van der Waals surface area (Å²) in [5, 5.41) is 0. The number of hydrogen-bond acceptors (Lipinski definition) is 3. The second-order valence-corrected chi connectivity index (χ2v) is 2.77. The zero-order chi connectivity index (χ0) is 9.68. The molecule has 1 rings (SSSR count). The zero-order valence-electron chi connectivity index (χ0n) is 7.58. The lowest BCUT2D eigenvalue weighted by molar-refractivity contribution is 0.0948. The van der Waals surface area contributed by atoms with Crippen molar-refractivity contribution in [2.45, 2.75) is 19.8 Å². The number of nitrogen functional groups attached to an aromatic ring is 1. The molecule has 1 aromatic heterocycles. The Morgan fingerprint density at radius 1 is 1.69 bits per heavy atom. The minimum atomic E-state index is -0.349. The fourth-order valence-corrected chi connectivity index (χ4v) is 1.12. The highest BCUT2D eigenvalue weighted by Crippen LogP contribution is 2.04. The molecule has 0 radical (unpaired) electrons. The molecule has 0 spiro atoms. The van der Waals surface area contributed by atoms with Gasteiger partial charge in [-0.2, -0.15) is 0 Å². The molecular formula is C9H13N3O. The number of carbonyl (C=O) groups excluding carboxylic acids is 1. The monoisotopic (exact) mass is 179 g/mol. The predicted octanol–water partition coefficient (Wildman–Crippen LogP) is 0.638. The van der Waals surface area contributed by atoms with E-state index in [1.807, 2.05) is 11.5 Å². The summed E-state index contributed by atoms with van der Waals surface area (Å²) < 4.78 is 0. The van der Waals surface area contributed by atoms with Gasteiger partial charge in [0.15, 0.2) is 0 Å². The number of hydrazine groups is 1. The highest BCUT2D eigenvalue weighted by molar-refractivity contribution is 5.91. The Morgan fingerprint density at radius 2 is 2.46 bits per heavy atom. The molecule has 0 atom stereocenters. The number of hydrogen-bond donors (Lipinski definition) is 2. The third kappa shape index (κ3) is 2.52. The Morgan fingerprint density at radius 3 is 3.08 bits per heavy atom. The highest BCUT2D eigenvalue weighted by Gasteiger charge is 2.04. The molecule has 0 aliphatic heterocycles. The molecule has 1 heterocycles. The molecule has 1 amide bonds. The molecule has 0 saturated heterocycles. The van der Waals surface area contributed by atoms with Crippen LogP contribution >= 0.6 is 0 Å². The normalized spacial score (nSPS) is 9.69. The molecule has 4 heteroatoms. The van der Waals surface area contributed by atoms with Gasteiger partial charge in [0, 0.05) is 6.20 Å². The third-order valence-corrected chi connectivity index (χ3v) is 1.73. The standard InChI is InChI=1S/C9H13N3O/c1-2-3-7-4-5-11-8(6-7)9(13)12-10/h4-6H,2-3,10H2,1H3,(H,12,13). The van der Waals surface area contributed by atoms with Crippen molar-refractivity contribution in [2.24, 2.45) is 5.84 Å². The molecule has 13 heavy (non-hydrogen) atoms. The minimum absolute atomic E-state index is 0.349. The summed E-state index contributed by atoms with van der Waals surface area (Å²) in [6, 6.07) is 3.66. The summed E-state index contributed by atoms with van der Waals surface area (Å²) in [6.07, 6.45) is 3.62. The maximum atomic E-state index is 11.1. The van der Waals surface area contributed by atoms with Gasteiger partial charge in [-0.3, -0.25) is 15.2 Å². The van der Waals surface area contributed by atoms with Crippen LogP contribution < -0.4 is 11.3 Å². The molecule has 0 aliphatic carbocycles. The number of aromatic nitrogens is 1. The first kappa shape index (κ1) is 9.67. The third-order valence-electron chi connectivity index (χ3n) is 1.73. The summed E-state index contributed by atoms with van der Waals surface area (Å²) in [5.74, 6) is 4.64. The number of aryl methyl sites for hydroxylation is 1. The van der Waals surface area contributed by atoms with E-state index in [9.17, 15) is 4.79 Å². The SMILES string of the molecule is CCCc1ccnc(C(=O)NN)c1. The van der Waals surface area contributed by atoms with Gasteiger partial charge < -0.3 is 0 Å². The van der Waals surface area contributed by atoms with Crippen LogP contribution in [-0.4, -0.2) is 10.9 Å². The Kier molecular flexibility index (Phi) is 3.40. The lowest BCUT2D eigenvalue weighted by Crippen LogP contribution is -2.30. The zero-order valence-corrected chi connectivity index (χ0v) is 7.58. The van der Waals surface area contributed by atoms with Crippen molar-refractivity contribution in [2.75, 3.05) is 0 Å². The van der Waals surface area contributed by atoms with Crippen molar-refractivity contribution in [1.29, 1.82) is 0 Å². The topological polar surface area (TPSA) is 68.0 Å². The van der Waals surface area contributed by atoms with E-state index in [2.05, 4.69) is 11.9 Å². The van der Waals surface area contributed by atoms with Crippen LogP contribution in [0.1, 0.15) is 29.4 Å². The average Bonchev–Trinajstić information content (AvgIpc) is 2.18.